The van der Waals surface area contributed by atoms with Crippen LogP contribution in [0.15, 0.2) is 18.3 Å². The molecule has 1 fully saturated rings. The van der Waals surface area contributed by atoms with Crippen molar-refractivity contribution in [1.29, 1.82) is 5.26 Å². The number of anilines is 1. The Morgan fingerprint density at radius 3 is 2.75 bits per heavy atom. The smallest absolute Gasteiger partial charge is 0.225 e. The minimum absolute atomic E-state index is 0.0772. The number of pyridine rings is 1. The van der Waals surface area contributed by atoms with Crippen LogP contribution in [0.2, 0.25) is 0 Å². The Morgan fingerprint density at radius 2 is 2.17 bits per heavy atom. The number of ether oxygens (including phenoxy) is 1. The van der Waals surface area contributed by atoms with Gasteiger partial charge in [-0.25, -0.2) is 4.98 Å². The van der Waals surface area contributed by atoms with Gasteiger partial charge in [-0.15, -0.1) is 0 Å². The van der Waals surface area contributed by atoms with Crippen LogP contribution in [0, 0.1) is 11.3 Å². The first-order chi connectivity index (χ1) is 11.6. The summed E-state index contributed by atoms with van der Waals surface area (Å²) in [4.78, 5) is 20.4. The highest BCUT2D eigenvalue weighted by Gasteiger charge is 2.21. The maximum Gasteiger partial charge on any atom is 0.225 e. The van der Waals surface area contributed by atoms with Gasteiger partial charge in [0.2, 0.25) is 5.91 Å². The van der Waals surface area contributed by atoms with Crippen LogP contribution in [0.4, 0.5) is 5.82 Å². The Balaban J connectivity index is 1.71. The van der Waals surface area contributed by atoms with Crippen molar-refractivity contribution in [2.75, 3.05) is 44.3 Å². The summed E-state index contributed by atoms with van der Waals surface area (Å²) in [7, 11) is 0. The van der Waals surface area contributed by atoms with Gasteiger partial charge in [-0.2, -0.15) is 5.26 Å². The number of nitrogens with zero attached hydrogens (tertiary/aromatic N) is 4. The van der Waals surface area contributed by atoms with E-state index < -0.39 is 6.10 Å². The van der Waals surface area contributed by atoms with Crippen LogP contribution >= 0.6 is 0 Å². The molecule has 7 nitrogen and oxygen atoms in total. The summed E-state index contributed by atoms with van der Waals surface area (Å²) >= 11 is 0. The molecule has 0 radical (unpaired) electrons. The first kappa shape index (κ1) is 18.2. The van der Waals surface area contributed by atoms with E-state index in [2.05, 4.69) is 16.0 Å². The van der Waals surface area contributed by atoms with Crippen molar-refractivity contribution in [1.82, 2.24) is 9.88 Å². The number of hydrogen-bond donors (Lipinski definition) is 1. The molecule has 0 spiro atoms. The second-order valence-electron chi connectivity index (χ2n) is 5.77. The van der Waals surface area contributed by atoms with Gasteiger partial charge in [0.15, 0.2) is 0 Å². The molecular weight excluding hydrogens is 308 g/mol. The number of nitriles is 1. The molecule has 1 aromatic rings. The van der Waals surface area contributed by atoms with E-state index >= 15 is 0 Å². The molecule has 1 amide bonds. The molecule has 1 aliphatic heterocycles. The summed E-state index contributed by atoms with van der Waals surface area (Å²) < 4.78 is 5.32. The minimum Gasteiger partial charge on any atom is -0.391 e. The largest absolute Gasteiger partial charge is 0.391 e. The Labute approximate surface area is 142 Å². The monoisotopic (exact) mass is 332 g/mol. The predicted molar refractivity (Wildman–Crippen MR) is 89.5 cm³/mol. The lowest BCUT2D eigenvalue weighted by molar-refractivity contribution is -0.132. The molecular formula is C17H24N4O3. The van der Waals surface area contributed by atoms with E-state index in [9.17, 15) is 9.90 Å². The SMILES string of the molecule is CCC(O)COCCC(=O)N1CCN(c2ccc(C#N)cn2)CC1. The maximum atomic E-state index is 12.2. The summed E-state index contributed by atoms with van der Waals surface area (Å²) in [5.74, 6) is 0.909. The summed E-state index contributed by atoms with van der Waals surface area (Å²) in [5, 5.41) is 18.2. The number of aliphatic hydroxyl groups excluding tert-OH is 1. The molecule has 1 atom stereocenters. The number of aliphatic hydroxyl groups is 1. The average molecular weight is 332 g/mol. The lowest BCUT2D eigenvalue weighted by Crippen LogP contribution is -2.49. The summed E-state index contributed by atoms with van der Waals surface area (Å²) in [5.41, 5.74) is 0.542. The fourth-order valence-corrected chi connectivity index (χ4v) is 2.48. The van der Waals surface area contributed by atoms with Crippen LogP contribution in [0.1, 0.15) is 25.3 Å². The average Bonchev–Trinajstić information content (AvgIpc) is 2.65. The van der Waals surface area contributed by atoms with Crippen molar-refractivity contribution in [2.45, 2.75) is 25.9 Å². The van der Waals surface area contributed by atoms with Crippen LogP contribution in [0.3, 0.4) is 0 Å². The molecule has 1 aromatic heterocycles. The molecule has 2 rings (SSSR count). The second-order valence-corrected chi connectivity index (χ2v) is 5.77. The molecule has 0 bridgehead atoms. The number of rotatable bonds is 7. The van der Waals surface area contributed by atoms with Crippen LogP contribution in [-0.2, 0) is 9.53 Å². The van der Waals surface area contributed by atoms with Gasteiger partial charge in [-0.1, -0.05) is 6.92 Å². The zero-order valence-corrected chi connectivity index (χ0v) is 14.0. The van der Waals surface area contributed by atoms with E-state index in [1.807, 2.05) is 17.9 Å². The van der Waals surface area contributed by atoms with Gasteiger partial charge in [0.1, 0.15) is 11.9 Å². The van der Waals surface area contributed by atoms with Gasteiger partial charge >= 0.3 is 0 Å². The van der Waals surface area contributed by atoms with Crippen molar-refractivity contribution < 1.29 is 14.6 Å². The fraction of sp³-hybridized carbons (Fsp3) is 0.588. The van der Waals surface area contributed by atoms with Crippen molar-refractivity contribution in [3.05, 3.63) is 23.9 Å². The van der Waals surface area contributed by atoms with E-state index in [0.717, 1.165) is 18.9 Å². The molecule has 130 valence electrons. The van der Waals surface area contributed by atoms with Crippen LogP contribution in [0.25, 0.3) is 0 Å². The van der Waals surface area contributed by atoms with E-state index in [1.54, 1.807) is 12.3 Å². The van der Waals surface area contributed by atoms with Gasteiger partial charge in [0.05, 0.1) is 31.3 Å². The van der Waals surface area contributed by atoms with Gasteiger partial charge in [-0.3, -0.25) is 4.79 Å². The number of carbonyl (C=O) groups excluding carboxylic acids is 1. The van der Waals surface area contributed by atoms with Gasteiger partial charge < -0.3 is 19.6 Å². The first-order valence-corrected chi connectivity index (χ1v) is 8.28. The third-order valence-electron chi connectivity index (χ3n) is 4.08. The Morgan fingerprint density at radius 1 is 1.42 bits per heavy atom. The molecule has 0 saturated carbocycles. The van der Waals surface area contributed by atoms with Crippen LogP contribution < -0.4 is 4.90 Å². The van der Waals surface area contributed by atoms with E-state index in [-0.39, 0.29) is 12.5 Å². The lowest BCUT2D eigenvalue weighted by atomic mass is 10.2. The van der Waals surface area contributed by atoms with Gasteiger partial charge in [-0.05, 0) is 18.6 Å². The molecule has 1 N–H and O–H groups in total. The van der Waals surface area contributed by atoms with Crippen molar-refractivity contribution in [2.24, 2.45) is 0 Å². The standard InChI is InChI=1S/C17H24N4O3/c1-2-15(22)13-24-10-5-17(23)21-8-6-20(7-9-21)16-4-3-14(11-18)12-19-16/h3-4,12,15,22H,2,5-10,13H2,1H3. The summed E-state index contributed by atoms with van der Waals surface area (Å²) in [6, 6.07) is 5.64. The number of carbonyl (C=O) groups is 1. The highest BCUT2D eigenvalue weighted by molar-refractivity contribution is 5.76. The van der Waals surface area contributed by atoms with E-state index in [4.69, 9.17) is 10.00 Å². The normalized spacial score (nSPS) is 15.9. The summed E-state index contributed by atoms with van der Waals surface area (Å²) in [6.07, 6.45) is 2.10. The van der Waals surface area contributed by atoms with Crippen molar-refractivity contribution >= 4 is 11.7 Å². The fourth-order valence-electron chi connectivity index (χ4n) is 2.48. The molecule has 1 saturated heterocycles. The molecule has 24 heavy (non-hydrogen) atoms. The number of piperazine rings is 1. The molecule has 1 aliphatic rings. The Hall–Kier alpha value is -2.17. The topological polar surface area (TPSA) is 89.7 Å². The number of amides is 1. The van der Waals surface area contributed by atoms with Crippen molar-refractivity contribution in [3.63, 3.8) is 0 Å². The second kappa shape index (κ2) is 9.21. The van der Waals surface area contributed by atoms with Gasteiger partial charge in [0.25, 0.3) is 0 Å². The first-order valence-electron chi connectivity index (χ1n) is 8.28. The highest BCUT2D eigenvalue weighted by Crippen LogP contribution is 2.14. The zero-order valence-electron chi connectivity index (χ0n) is 14.0. The van der Waals surface area contributed by atoms with Crippen LogP contribution in [-0.4, -0.2) is 66.4 Å². The Bertz CT molecular complexity index is 562. The number of hydrogen-bond acceptors (Lipinski definition) is 6. The van der Waals surface area contributed by atoms with Gasteiger partial charge in [0, 0.05) is 32.4 Å². The van der Waals surface area contributed by atoms with E-state index in [0.29, 0.717) is 38.1 Å². The molecule has 2 heterocycles. The molecule has 7 heteroatoms. The van der Waals surface area contributed by atoms with Crippen molar-refractivity contribution in [3.8, 4) is 6.07 Å². The maximum absolute atomic E-state index is 12.2. The van der Waals surface area contributed by atoms with Crippen LogP contribution in [0.5, 0.6) is 0 Å². The predicted octanol–water partition coefficient (Wildman–Crippen LogP) is 0.779. The zero-order chi connectivity index (χ0) is 17.4. The molecule has 0 aromatic carbocycles. The highest BCUT2D eigenvalue weighted by atomic mass is 16.5. The quantitative estimate of drug-likeness (QED) is 0.742. The third-order valence-corrected chi connectivity index (χ3v) is 4.08. The van der Waals surface area contributed by atoms with E-state index in [1.165, 1.54) is 0 Å². The summed E-state index contributed by atoms with van der Waals surface area (Å²) in [6.45, 7) is 5.26. The Kier molecular flexibility index (Phi) is 6.97. The minimum atomic E-state index is -0.455. The lowest BCUT2D eigenvalue weighted by Gasteiger charge is -2.35. The number of aromatic nitrogens is 1. The molecule has 0 aliphatic carbocycles. The third kappa shape index (κ3) is 5.18. The molecule has 1 unspecified atom stereocenters.